The fraction of sp³-hybridized carbons (Fsp3) is 0.0588. The lowest BCUT2D eigenvalue weighted by molar-refractivity contribution is 1.20. The van der Waals surface area contributed by atoms with Crippen LogP contribution in [0.25, 0.3) is 55.8 Å². The molecule has 0 amide bonds. The molecule has 0 atom stereocenters. The molecular weight excluding hydrogens is 464 g/mol. The van der Waals surface area contributed by atoms with Gasteiger partial charge in [-0.05, 0) is 32.3 Å². The zero-order valence-corrected chi connectivity index (χ0v) is 21.9. The number of aromatic nitrogens is 2. The third kappa shape index (κ3) is 3.46. The molecule has 176 valence electrons. The number of hydrogen-bond donors (Lipinski definition) is 0. The molecule has 0 N–H and O–H groups in total. The molecule has 0 spiro atoms. The highest BCUT2D eigenvalue weighted by Crippen LogP contribution is 2.37. The van der Waals surface area contributed by atoms with Crippen molar-refractivity contribution in [1.29, 1.82) is 0 Å². The Hall–Kier alpha value is -4.34. The second-order valence-electron chi connectivity index (χ2n) is 10.3. The summed E-state index contributed by atoms with van der Waals surface area (Å²) in [5, 5.41) is 5.32. The number of rotatable bonds is 3. The molecule has 6 aromatic rings. The van der Waals surface area contributed by atoms with Crippen LogP contribution < -0.4 is 10.4 Å². The van der Waals surface area contributed by atoms with Crippen LogP contribution >= 0.6 is 0 Å². The Labute approximate surface area is 218 Å². The summed E-state index contributed by atoms with van der Waals surface area (Å²) in [4.78, 5) is 10.6. The summed E-state index contributed by atoms with van der Waals surface area (Å²) < 4.78 is 0. The zero-order valence-electron chi connectivity index (χ0n) is 20.9. The van der Waals surface area contributed by atoms with Crippen LogP contribution in [0.4, 0.5) is 0 Å². The van der Waals surface area contributed by atoms with Crippen molar-refractivity contribution in [3.05, 3.63) is 121 Å². The normalized spacial score (nSPS) is 13.4. The topological polar surface area (TPSA) is 25.8 Å². The van der Waals surface area contributed by atoms with Gasteiger partial charge < -0.3 is 0 Å². The van der Waals surface area contributed by atoms with Crippen LogP contribution in [0, 0.1) is 0 Å². The third-order valence-electron chi connectivity index (χ3n) is 7.67. The van der Waals surface area contributed by atoms with Crippen molar-refractivity contribution in [1.82, 2.24) is 9.97 Å². The first kappa shape index (κ1) is 21.9. The number of fused-ring (bicyclic) bond motifs is 5. The van der Waals surface area contributed by atoms with Gasteiger partial charge in [-0.25, -0.2) is 9.97 Å². The Bertz CT molecular complexity index is 1770. The van der Waals surface area contributed by atoms with Crippen LogP contribution in [-0.2, 0) is 0 Å². The highest BCUT2D eigenvalue weighted by atomic mass is 28.3. The van der Waals surface area contributed by atoms with E-state index in [-0.39, 0.29) is 0 Å². The standard InChI is InChI=1S/C34H26N2Si/c1-37(2)29-22-21-25-13-9-10-16-28(25)30(29)32-33(37)31(35-34(36-32)27-14-7-4-8-15-27)26-19-17-24(18-20-26)23-11-5-3-6-12-23/h3-22H,1-2H3. The first-order chi connectivity index (χ1) is 18.1. The van der Waals surface area contributed by atoms with Gasteiger partial charge in [0.1, 0.15) is 8.07 Å². The first-order valence-electron chi connectivity index (χ1n) is 12.8. The van der Waals surface area contributed by atoms with Gasteiger partial charge in [-0.2, -0.15) is 0 Å². The fourth-order valence-corrected chi connectivity index (χ4v) is 9.00. The molecule has 1 aromatic heterocycles. The molecule has 1 aliphatic rings. The molecular formula is C34H26N2Si. The third-order valence-corrected chi connectivity index (χ3v) is 11.2. The van der Waals surface area contributed by atoms with E-state index in [1.165, 1.54) is 37.8 Å². The molecule has 0 unspecified atom stereocenters. The predicted octanol–water partition coefficient (Wildman–Crippen LogP) is 7.43. The van der Waals surface area contributed by atoms with Crippen molar-refractivity contribution >= 4 is 29.2 Å². The lowest BCUT2D eigenvalue weighted by Gasteiger charge is -2.22. The molecule has 7 rings (SSSR count). The van der Waals surface area contributed by atoms with E-state index in [0.29, 0.717) is 0 Å². The molecule has 0 radical (unpaired) electrons. The molecule has 2 nitrogen and oxygen atoms in total. The van der Waals surface area contributed by atoms with E-state index < -0.39 is 8.07 Å². The van der Waals surface area contributed by atoms with E-state index >= 15 is 0 Å². The lowest BCUT2D eigenvalue weighted by atomic mass is 9.99. The summed E-state index contributed by atoms with van der Waals surface area (Å²) in [5.41, 5.74) is 8.10. The fourth-order valence-electron chi connectivity index (χ4n) is 5.79. The van der Waals surface area contributed by atoms with Gasteiger partial charge in [0.15, 0.2) is 5.82 Å². The molecule has 3 heteroatoms. The number of nitrogens with zero attached hydrogens (tertiary/aromatic N) is 2. The summed E-state index contributed by atoms with van der Waals surface area (Å²) in [6.45, 7) is 4.89. The minimum Gasteiger partial charge on any atom is -0.228 e. The minimum atomic E-state index is -2.05. The van der Waals surface area contributed by atoms with Crippen molar-refractivity contribution in [2.75, 3.05) is 0 Å². The van der Waals surface area contributed by atoms with Crippen molar-refractivity contribution in [3.63, 3.8) is 0 Å². The van der Waals surface area contributed by atoms with E-state index in [4.69, 9.17) is 9.97 Å². The van der Waals surface area contributed by atoms with Crippen molar-refractivity contribution in [2.24, 2.45) is 0 Å². The van der Waals surface area contributed by atoms with E-state index in [9.17, 15) is 0 Å². The second kappa shape index (κ2) is 8.36. The average molecular weight is 491 g/mol. The molecule has 1 aliphatic heterocycles. The molecule has 0 saturated heterocycles. The van der Waals surface area contributed by atoms with Gasteiger partial charge in [0.25, 0.3) is 0 Å². The van der Waals surface area contributed by atoms with Gasteiger partial charge in [-0.1, -0.05) is 134 Å². The van der Waals surface area contributed by atoms with Gasteiger partial charge in [-0.15, -0.1) is 0 Å². The van der Waals surface area contributed by atoms with Gasteiger partial charge in [0, 0.05) is 16.7 Å². The SMILES string of the molecule is C[Si]1(C)c2ccc3ccccc3c2-c2nc(-c3ccccc3)nc(-c3ccc(-c4ccccc4)cc3)c21. The predicted molar refractivity (Wildman–Crippen MR) is 158 cm³/mol. The van der Waals surface area contributed by atoms with E-state index in [2.05, 4.69) is 128 Å². The van der Waals surface area contributed by atoms with Gasteiger partial charge in [-0.3, -0.25) is 0 Å². The van der Waals surface area contributed by atoms with Crippen LogP contribution in [0.2, 0.25) is 13.1 Å². The van der Waals surface area contributed by atoms with Crippen molar-refractivity contribution in [2.45, 2.75) is 13.1 Å². The largest absolute Gasteiger partial charge is 0.228 e. The Morgan fingerprint density at radius 2 is 1.05 bits per heavy atom. The van der Waals surface area contributed by atoms with Crippen LogP contribution in [0.15, 0.2) is 121 Å². The van der Waals surface area contributed by atoms with Gasteiger partial charge in [0.2, 0.25) is 0 Å². The van der Waals surface area contributed by atoms with Crippen molar-refractivity contribution in [3.8, 4) is 45.0 Å². The van der Waals surface area contributed by atoms with Crippen molar-refractivity contribution < 1.29 is 0 Å². The highest BCUT2D eigenvalue weighted by Gasteiger charge is 2.42. The summed E-state index contributed by atoms with van der Waals surface area (Å²) in [6.07, 6.45) is 0. The maximum absolute atomic E-state index is 5.29. The zero-order chi connectivity index (χ0) is 25.0. The lowest BCUT2D eigenvalue weighted by Crippen LogP contribution is -2.50. The Morgan fingerprint density at radius 3 is 1.78 bits per heavy atom. The minimum absolute atomic E-state index is 0.784. The quantitative estimate of drug-likeness (QED) is 0.241. The highest BCUT2D eigenvalue weighted by molar-refractivity contribution is 7.04. The Balaban J connectivity index is 1.51. The second-order valence-corrected chi connectivity index (χ2v) is 14.6. The van der Waals surface area contributed by atoms with E-state index in [1.807, 2.05) is 6.07 Å². The molecule has 0 saturated carbocycles. The molecule has 0 aliphatic carbocycles. The monoisotopic (exact) mass is 490 g/mol. The molecule has 0 fully saturated rings. The summed E-state index contributed by atoms with van der Waals surface area (Å²) >= 11 is 0. The number of hydrogen-bond acceptors (Lipinski definition) is 2. The van der Waals surface area contributed by atoms with Crippen LogP contribution in [0.3, 0.4) is 0 Å². The molecule has 5 aromatic carbocycles. The van der Waals surface area contributed by atoms with Gasteiger partial charge in [0.05, 0.1) is 11.4 Å². The summed E-state index contributed by atoms with van der Waals surface area (Å²) in [5.74, 6) is 0.784. The van der Waals surface area contributed by atoms with E-state index in [1.54, 1.807) is 0 Å². The maximum atomic E-state index is 5.29. The summed E-state index contributed by atoms with van der Waals surface area (Å²) in [7, 11) is -2.05. The first-order valence-corrected chi connectivity index (χ1v) is 15.8. The van der Waals surface area contributed by atoms with Gasteiger partial charge >= 0.3 is 0 Å². The van der Waals surface area contributed by atoms with Crippen LogP contribution in [0.5, 0.6) is 0 Å². The van der Waals surface area contributed by atoms with Crippen LogP contribution in [0.1, 0.15) is 0 Å². The maximum Gasteiger partial charge on any atom is 0.160 e. The molecule has 2 heterocycles. The average Bonchev–Trinajstić information content (AvgIpc) is 3.20. The Morgan fingerprint density at radius 1 is 0.486 bits per heavy atom. The Kier molecular flexibility index (Phi) is 4.95. The summed E-state index contributed by atoms with van der Waals surface area (Å²) in [6, 6.07) is 43.1. The number of benzene rings is 5. The van der Waals surface area contributed by atoms with E-state index in [0.717, 1.165) is 28.3 Å². The molecule has 37 heavy (non-hydrogen) atoms. The molecule has 0 bridgehead atoms. The van der Waals surface area contributed by atoms with Crippen LogP contribution in [-0.4, -0.2) is 18.0 Å². The smallest absolute Gasteiger partial charge is 0.160 e.